The average molecular weight is 388 g/mol. The largest absolute Gasteiger partial charge is 0.489 e. The lowest BCUT2D eigenvalue weighted by molar-refractivity contribution is -0.123. The van der Waals surface area contributed by atoms with Crippen molar-refractivity contribution < 1.29 is 14.3 Å². The highest BCUT2D eigenvalue weighted by molar-refractivity contribution is 6.30. The summed E-state index contributed by atoms with van der Waals surface area (Å²) in [4.78, 5) is 13.9. The molecule has 2 aromatic rings. The van der Waals surface area contributed by atoms with E-state index in [2.05, 4.69) is 10.5 Å². The smallest absolute Gasteiger partial charge is 0.254 e. The van der Waals surface area contributed by atoms with Gasteiger partial charge in [0.1, 0.15) is 12.4 Å². The van der Waals surface area contributed by atoms with E-state index in [4.69, 9.17) is 21.1 Å². The Kier molecular flexibility index (Phi) is 7.21. The summed E-state index contributed by atoms with van der Waals surface area (Å²) in [5.41, 5.74) is 4.43. The molecule has 1 amide bonds. The van der Waals surface area contributed by atoms with Crippen molar-refractivity contribution in [2.24, 2.45) is 5.10 Å². The van der Waals surface area contributed by atoms with Crippen molar-refractivity contribution in [2.45, 2.75) is 6.61 Å². The Balaban J connectivity index is 1.42. The van der Waals surface area contributed by atoms with Gasteiger partial charge in [-0.1, -0.05) is 23.7 Å². The zero-order chi connectivity index (χ0) is 18.9. The van der Waals surface area contributed by atoms with Crippen molar-refractivity contribution >= 4 is 23.7 Å². The Morgan fingerprint density at radius 2 is 2.00 bits per heavy atom. The summed E-state index contributed by atoms with van der Waals surface area (Å²) in [6, 6.07) is 15.1. The third-order valence-corrected chi connectivity index (χ3v) is 4.28. The predicted molar refractivity (Wildman–Crippen MR) is 105 cm³/mol. The second-order valence-electron chi connectivity index (χ2n) is 6.17. The molecule has 0 radical (unpaired) electrons. The number of hydrogen-bond acceptors (Lipinski definition) is 5. The van der Waals surface area contributed by atoms with Gasteiger partial charge in [0, 0.05) is 18.1 Å². The molecule has 0 aliphatic carbocycles. The normalized spacial score (nSPS) is 15.0. The minimum Gasteiger partial charge on any atom is -0.489 e. The Morgan fingerprint density at radius 3 is 2.74 bits per heavy atom. The van der Waals surface area contributed by atoms with Gasteiger partial charge in [-0.3, -0.25) is 9.69 Å². The van der Waals surface area contributed by atoms with E-state index in [-0.39, 0.29) is 5.91 Å². The fraction of sp³-hybridized carbons (Fsp3) is 0.300. The van der Waals surface area contributed by atoms with Crippen LogP contribution in [0, 0.1) is 0 Å². The van der Waals surface area contributed by atoms with Crippen LogP contribution < -0.4 is 10.2 Å². The van der Waals surface area contributed by atoms with E-state index in [1.807, 2.05) is 53.4 Å². The second kappa shape index (κ2) is 10.1. The zero-order valence-electron chi connectivity index (χ0n) is 14.9. The predicted octanol–water partition coefficient (Wildman–Crippen LogP) is 2.70. The van der Waals surface area contributed by atoms with Crippen LogP contribution in [0.25, 0.3) is 0 Å². The van der Waals surface area contributed by atoms with E-state index in [0.717, 1.165) is 30.0 Å². The number of morpholine rings is 1. The molecule has 1 saturated heterocycles. The quantitative estimate of drug-likeness (QED) is 0.586. The molecule has 1 fully saturated rings. The number of nitrogens with zero attached hydrogens (tertiary/aromatic N) is 2. The molecule has 0 aromatic heterocycles. The minimum atomic E-state index is -0.130. The lowest BCUT2D eigenvalue weighted by Crippen LogP contribution is -2.42. The number of hydrazone groups is 1. The van der Waals surface area contributed by atoms with Crippen molar-refractivity contribution in [2.75, 3.05) is 32.8 Å². The number of carbonyl (C=O) groups excluding carboxylic acids is 1. The van der Waals surface area contributed by atoms with Gasteiger partial charge in [-0.15, -0.1) is 0 Å². The van der Waals surface area contributed by atoms with E-state index in [1.165, 1.54) is 0 Å². The van der Waals surface area contributed by atoms with Crippen LogP contribution in [0.1, 0.15) is 11.1 Å². The molecule has 1 heterocycles. The summed E-state index contributed by atoms with van der Waals surface area (Å²) in [5.74, 6) is 0.623. The topological polar surface area (TPSA) is 63.2 Å². The first kappa shape index (κ1) is 19.4. The molecule has 1 aliphatic heterocycles. The van der Waals surface area contributed by atoms with Gasteiger partial charge in [-0.2, -0.15) is 5.10 Å². The Morgan fingerprint density at radius 1 is 1.22 bits per heavy atom. The second-order valence-corrected chi connectivity index (χ2v) is 6.61. The van der Waals surface area contributed by atoms with Crippen molar-refractivity contribution in [3.05, 3.63) is 64.7 Å². The summed E-state index contributed by atoms with van der Waals surface area (Å²) in [7, 11) is 0. The maximum absolute atomic E-state index is 11.9. The number of benzene rings is 2. The van der Waals surface area contributed by atoms with Gasteiger partial charge in [0.2, 0.25) is 0 Å². The number of rotatable bonds is 7. The first-order valence-corrected chi connectivity index (χ1v) is 9.16. The number of amides is 1. The highest BCUT2D eigenvalue weighted by Crippen LogP contribution is 2.15. The van der Waals surface area contributed by atoms with Gasteiger partial charge in [-0.25, -0.2) is 5.43 Å². The van der Waals surface area contributed by atoms with E-state index < -0.39 is 0 Å². The maximum atomic E-state index is 11.9. The van der Waals surface area contributed by atoms with E-state index in [0.29, 0.717) is 31.4 Å². The van der Waals surface area contributed by atoms with Gasteiger partial charge in [0.25, 0.3) is 5.91 Å². The Labute approximate surface area is 163 Å². The molecular formula is C20H22ClN3O3. The maximum Gasteiger partial charge on any atom is 0.254 e. The SMILES string of the molecule is O=C(CN1CCOCC1)N/N=C/c1ccc(OCc2cccc(Cl)c2)cc1. The first-order chi connectivity index (χ1) is 13.2. The molecule has 1 aliphatic rings. The Bertz CT molecular complexity index is 774. The van der Waals surface area contributed by atoms with Crippen molar-refractivity contribution in [1.82, 2.24) is 10.3 Å². The molecule has 7 heteroatoms. The van der Waals surface area contributed by atoms with E-state index in [9.17, 15) is 4.79 Å². The number of halogens is 1. The highest BCUT2D eigenvalue weighted by atomic mass is 35.5. The van der Waals surface area contributed by atoms with Gasteiger partial charge in [-0.05, 0) is 47.5 Å². The lowest BCUT2D eigenvalue weighted by Gasteiger charge is -2.25. The van der Waals surface area contributed by atoms with Crippen LogP contribution in [0.4, 0.5) is 0 Å². The van der Waals surface area contributed by atoms with Crippen molar-refractivity contribution in [3.8, 4) is 5.75 Å². The van der Waals surface area contributed by atoms with Gasteiger partial charge < -0.3 is 9.47 Å². The Hall–Kier alpha value is -2.41. The summed E-state index contributed by atoms with van der Waals surface area (Å²) < 4.78 is 11.0. The summed E-state index contributed by atoms with van der Waals surface area (Å²) in [5, 5.41) is 4.69. The van der Waals surface area contributed by atoms with E-state index >= 15 is 0 Å². The van der Waals surface area contributed by atoms with Crippen LogP contribution >= 0.6 is 11.6 Å². The van der Waals surface area contributed by atoms with Crippen LogP contribution in [0.15, 0.2) is 53.6 Å². The molecule has 2 aromatic carbocycles. The zero-order valence-corrected chi connectivity index (χ0v) is 15.7. The lowest BCUT2D eigenvalue weighted by atomic mass is 10.2. The standard InChI is InChI=1S/C20H22ClN3O3/c21-18-3-1-2-17(12-18)15-27-19-6-4-16(5-7-19)13-22-23-20(25)14-24-8-10-26-11-9-24/h1-7,12-13H,8-11,14-15H2,(H,23,25)/b22-13+. The molecule has 3 rings (SSSR count). The summed E-state index contributed by atoms with van der Waals surface area (Å²) >= 11 is 5.96. The number of hydrogen-bond donors (Lipinski definition) is 1. The fourth-order valence-electron chi connectivity index (χ4n) is 2.62. The van der Waals surface area contributed by atoms with E-state index in [1.54, 1.807) is 6.21 Å². The summed E-state index contributed by atoms with van der Waals surface area (Å²) in [6.07, 6.45) is 1.61. The third-order valence-electron chi connectivity index (χ3n) is 4.05. The third kappa shape index (κ3) is 6.67. The van der Waals surface area contributed by atoms with Crippen LogP contribution in [0.5, 0.6) is 5.75 Å². The van der Waals surface area contributed by atoms with Gasteiger partial charge >= 0.3 is 0 Å². The molecular weight excluding hydrogens is 366 g/mol. The van der Waals surface area contributed by atoms with Gasteiger partial charge in [0.15, 0.2) is 0 Å². The van der Waals surface area contributed by atoms with Crippen molar-refractivity contribution in [3.63, 3.8) is 0 Å². The highest BCUT2D eigenvalue weighted by Gasteiger charge is 2.13. The molecule has 1 N–H and O–H groups in total. The van der Waals surface area contributed by atoms with Crippen LogP contribution in [-0.2, 0) is 16.1 Å². The fourth-order valence-corrected chi connectivity index (χ4v) is 2.83. The van der Waals surface area contributed by atoms with Gasteiger partial charge in [0.05, 0.1) is 26.0 Å². The molecule has 0 atom stereocenters. The number of nitrogens with one attached hydrogen (secondary N) is 1. The molecule has 0 spiro atoms. The average Bonchev–Trinajstić information content (AvgIpc) is 2.68. The number of carbonyl (C=O) groups is 1. The minimum absolute atomic E-state index is 0.130. The molecule has 142 valence electrons. The monoisotopic (exact) mass is 387 g/mol. The van der Waals surface area contributed by atoms with Crippen LogP contribution in [0.2, 0.25) is 5.02 Å². The first-order valence-electron chi connectivity index (χ1n) is 8.78. The summed E-state index contributed by atoms with van der Waals surface area (Å²) in [6.45, 7) is 3.66. The van der Waals surface area contributed by atoms with Crippen LogP contribution in [0.3, 0.4) is 0 Å². The van der Waals surface area contributed by atoms with Crippen LogP contribution in [-0.4, -0.2) is 49.9 Å². The number of ether oxygens (including phenoxy) is 2. The van der Waals surface area contributed by atoms with Crippen molar-refractivity contribution in [1.29, 1.82) is 0 Å². The molecule has 6 nitrogen and oxygen atoms in total. The molecule has 0 unspecified atom stereocenters. The molecule has 27 heavy (non-hydrogen) atoms. The molecule has 0 bridgehead atoms. The molecule has 0 saturated carbocycles.